The van der Waals surface area contributed by atoms with E-state index in [0.717, 1.165) is 77.3 Å². The van der Waals surface area contributed by atoms with Crippen molar-refractivity contribution in [1.29, 1.82) is 0 Å². The van der Waals surface area contributed by atoms with E-state index >= 15 is 0 Å². The van der Waals surface area contributed by atoms with Crippen LogP contribution in [0.2, 0.25) is 0 Å². The third-order valence-corrected chi connectivity index (χ3v) is 20.2. The molecular formula is C75H87F7N8O8. The van der Waals surface area contributed by atoms with Crippen molar-refractivity contribution in [3.8, 4) is 11.1 Å². The number of carboxylic acid groups (broad SMARTS) is 1. The first kappa shape index (κ1) is 72.4. The molecule has 10 rings (SSSR count). The molecule has 6 aromatic carbocycles. The van der Waals surface area contributed by atoms with Crippen LogP contribution in [0.5, 0.6) is 0 Å². The molecule has 0 radical (unpaired) electrons. The predicted octanol–water partition coefficient (Wildman–Crippen LogP) is 13.2. The van der Waals surface area contributed by atoms with Gasteiger partial charge in [-0.2, -0.15) is 26.3 Å². The second-order valence-electron chi connectivity index (χ2n) is 26.6. The molecule has 0 aromatic heterocycles. The fourth-order valence-electron chi connectivity index (χ4n) is 14.4. The number of anilines is 2. The van der Waals surface area contributed by atoms with Crippen molar-refractivity contribution in [3.63, 3.8) is 0 Å². The summed E-state index contributed by atoms with van der Waals surface area (Å²) in [4.78, 5) is 79.1. The molecule has 23 heteroatoms. The van der Waals surface area contributed by atoms with E-state index in [2.05, 4.69) is 27.2 Å². The minimum atomic E-state index is -5.15. The zero-order valence-corrected chi connectivity index (χ0v) is 56.0. The van der Waals surface area contributed by atoms with E-state index in [-0.39, 0.29) is 55.5 Å². The number of aryl methyl sites for hydroxylation is 1. The van der Waals surface area contributed by atoms with E-state index in [1.165, 1.54) is 29.2 Å². The molecule has 3 aliphatic heterocycles. The quantitative estimate of drug-likeness (QED) is 0.0393. The molecule has 524 valence electrons. The third kappa shape index (κ3) is 17.4. The molecule has 3 fully saturated rings. The number of carbonyl (C=O) groups excluding carboxylic acids is 4. The van der Waals surface area contributed by atoms with Gasteiger partial charge in [-0.15, -0.1) is 0 Å². The number of nitrogens with one attached hydrogen (secondary N) is 1. The lowest BCUT2D eigenvalue weighted by atomic mass is 9.72. The average Bonchev–Trinajstić information content (AvgIpc) is 1.58. The summed E-state index contributed by atoms with van der Waals surface area (Å²) in [6, 6.07) is 37.4. The molecule has 6 aromatic rings. The molecule has 1 aliphatic carbocycles. The molecule has 5 amide bonds. The summed E-state index contributed by atoms with van der Waals surface area (Å²) in [5.74, 6) is -1.83. The first-order valence-electron chi connectivity index (χ1n) is 33.7. The largest absolute Gasteiger partial charge is 0.465 e. The Balaban J connectivity index is 0.623. The van der Waals surface area contributed by atoms with Gasteiger partial charge in [0.05, 0.1) is 29.5 Å². The number of alkyl halides is 6. The Morgan fingerprint density at radius 1 is 0.684 bits per heavy atom. The number of ether oxygens (including phenoxy) is 2. The number of benzene rings is 6. The second kappa shape index (κ2) is 31.6. The molecule has 0 saturated carbocycles. The van der Waals surface area contributed by atoms with Crippen LogP contribution >= 0.6 is 0 Å². The molecule has 2 N–H and O–H groups in total. The SMILES string of the molecule is Cc1cc(NCCCCCC(=O)N(C)CCN2CCC(N(C(=O)O)c3ccccc3-c3ccccc3)CC2)ccc1C(=O)N(C)CCCN(C)C(=O)CO[C@H]1Cc2ccccc2C12CCN(CC[C@@]1(c3ccc(F)cc3)CN(C(=O)c3cc(C(F)(F)F)cc(C(F)(F)F)c3)CO1)CC2. The van der Waals surface area contributed by atoms with E-state index in [4.69, 9.17) is 9.47 Å². The number of hydrogen-bond acceptors (Lipinski definition) is 10. The van der Waals surface area contributed by atoms with E-state index in [1.807, 2.05) is 98.9 Å². The highest BCUT2D eigenvalue weighted by molar-refractivity contribution is 5.96. The number of likely N-dealkylation sites (N-methyl/N-ethyl adjacent to an activating group) is 2. The predicted molar refractivity (Wildman–Crippen MR) is 360 cm³/mol. The molecule has 3 saturated heterocycles. The lowest BCUT2D eigenvalue weighted by Gasteiger charge is -2.44. The van der Waals surface area contributed by atoms with Crippen LogP contribution in [0.1, 0.15) is 118 Å². The van der Waals surface area contributed by atoms with E-state index < -0.39 is 64.6 Å². The van der Waals surface area contributed by atoms with Gasteiger partial charge in [0, 0.05) is 114 Å². The lowest BCUT2D eigenvalue weighted by Crippen LogP contribution is -2.50. The maximum atomic E-state index is 14.3. The van der Waals surface area contributed by atoms with Crippen LogP contribution < -0.4 is 10.2 Å². The molecule has 16 nitrogen and oxygen atoms in total. The Hall–Kier alpha value is -8.38. The van der Waals surface area contributed by atoms with Gasteiger partial charge in [0.15, 0.2) is 0 Å². The van der Waals surface area contributed by atoms with Crippen LogP contribution in [0.4, 0.5) is 46.9 Å². The number of para-hydroxylation sites is 1. The molecule has 4 aliphatic rings. The Kier molecular flexibility index (Phi) is 23.4. The standard InChI is InChI=1S/C75H87F7N8O8/c1-52-44-60(83-34-14-6-9-22-67(91)85(3)42-43-87-37-29-61(30-38-87)90(71(95)96)65-21-13-11-19-63(65)53-16-7-5-8-17-53)27-28-62(52)70(94)86(4)36-15-35-84(2)68(92)49-97-66-47-54-18-10-12-20-64(54)72(66)31-39-88(40-32-72)41-33-73(56-23-25-59(76)26-24-56)50-89(51-98-73)69(93)55-45-57(74(77,78)79)48-58(46-55)75(80,81)82/h5,7-8,10-13,16-21,23-28,44-46,48,61,66,83H,6,9,14-15,22,29-43,47,49-51H2,1-4H3,(H,95,96)/t66-,73-/m0/s1. The number of carbonyl (C=O) groups is 5. The highest BCUT2D eigenvalue weighted by Gasteiger charge is 2.50. The van der Waals surface area contributed by atoms with Crippen molar-refractivity contribution in [2.45, 2.75) is 113 Å². The Morgan fingerprint density at radius 2 is 1.33 bits per heavy atom. The topological polar surface area (TPSA) is 159 Å². The maximum absolute atomic E-state index is 14.3. The molecule has 1 spiro atoms. The number of rotatable bonds is 26. The number of fused-ring (bicyclic) bond motifs is 2. The van der Waals surface area contributed by atoms with Crippen molar-refractivity contribution >= 4 is 41.1 Å². The van der Waals surface area contributed by atoms with E-state index in [0.29, 0.717) is 120 Å². The van der Waals surface area contributed by atoms with Gasteiger partial charge in [0.2, 0.25) is 11.8 Å². The summed E-state index contributed by atoms with van der Waals surface area (Å²) in [6.07, 6.45) is -4.48. The van der Waals surface area contributed by atoms with Gasteiger partial charge in [0.25, 0.3) is 11.8 Å². The Bertz CT molecular complexity index is 3720. The highest BCUT2D eigenvalue weighted by atomic mass is 19.4. The fraction of sp³-hybridized carbons (Fsp3) is 0.453. The third-order valence-electron chi connectivity index (χ3n) is 20.2. The minimum Gasteiger partial charge on any atom is -0.465 e. The summed E-state index contributed by atoms with van der Waals surface area (Å²) in [6.45, 7) is 7.06. The Labute approximate surface area is 568 Å². The monoisotopic (exact) mass is 1360 g/mol. The number of halogens is 7. The van der Waals surface area contributed by atoms with Crippen LogP contribution in [-0.2, 0) is 48.9 Å². The smallest absolute Gasteiger partial charge is 0.416 e. The maximum Gasteiger partial charge on any atom is 0.416 e. The van der Waals surface area contributed by atoms with Crippen molar-refractivity contribution < 1.29 is 69.3 Å². The number of piperidine rings is 2. The number of likely N-dealkylation sites (tertiary alicyclic amines) is 2. The van der Waals surface area contributed by atoms with Gasteiger partial charge in [-0.3, -0.25) is 24.1 Å². The molecule has 0 unspecified atom stereocenters. The number of hydrogen-bond donors (Lipinski definition) is 2. The van der Waals surface area contributed by atoms with Crippen molar-refractivity contribution in [2.75, 3.05) is 117 Å². The number of nitrogens with zero attached hydrogens (tertiary/aromatic N) is 7. The zero-order valence-electron chi connectivity index (χ0n) is 56.0. The van der Waals surface area contributed by atoms with Crippen LogP contribution in [0.15, 0.2) is 140 Å². The minimum absolute atomic E-state index is 0.0289. The molecule has 0 bridgehead atoms. The van der Waals surface area contributed by atoms with Crippen LogP contribution in [0.25, 0.3) is 11.1 Å². The summed E-state index contributed by atoms with van der Waals surface area (Å²) < 4.78 is 110. The van der Waals surface area contributed by atoms with E-state index in [9.17, 15) is 59.8 Å². The summed E-state index contributed by atoms with van der Waals surface area (Å²) in [7, 11) is 5.31. The van der Waals surface area contributed by atoms with Gasteiger partial charge in [0.1, 0.15) is 24.8 Å². The summed E-state index contributed by atoms with van der Waals surface area (Å²) in [5.41, 5.74) is 1.96. The lowest BCUT2D eigenvalue weighted by molar-refractivity contribution is -0.143. The number of amides is 5. The van der Waals surface area contributed by atoms with Crippen LogP contribution in [-0.4, -0.2) is 183 Å². The van der Waals surface area contributed by atoms with E-state index in [1.54, 1.807) is 28.8 Å². The van der Waals surface area contributed by atoms with Crippen LogP contribution in [0, 0.1) is 12.7 Å². The van der Waals surface area contributed by atoms with Gasteiger partial charge in [-0.1, -0.05) is 91.3 Å². The molecule has 3 heterocycles. The first-order chi connectivity index (χ1) is 46.8. The zero-order chi connectivity index (χ0) is 69.9. The highest BCUT2D eigenvalue weighted by Crippen LogP contribution is 2.49. The van der Waals surface area contributed by atoms with Gasteiger partial charge in [-0.25, -0.2) is 9.18 Å². The molecule has 2 atom stereocenters. The average molecular weight is 1360 g/mol. The van der Waals surface area contributed by atoms with Gasteiger partial charge < -0.3 is 49.3 Å². The normalized spacial score (nSPS) is 18.2. The molecular weight excluding hydrogens is 1270 g/mol. The fourth-order valence-corrected chi connectivity index (χ4v) is 14.4. The second-order valence-corrected chi connectivity index (χ2v) is 26.6. The Morgan fingerprint density at radius 3 is 2.01 bits per heavy atom. The van der Waals surface area contributed by atoms with Crippen LogP contribution in [0.3, 0.4) is 0 Å². The summed E-state index contributed by atoms with van der Waals surface area (Å²) >= 11 is 0. The van der Waals surface area contributed by atoms with Gasteiger partial charge in [-0.05, 0) is 160 Å². The van der Waals surface area contributed by atoms with Crippen molar-refractivity contribution in [3.05, 3.63) is 190 Å². The molecule has 98 heavy (non-hydrogen) atoms. The number of unbranched alkanes of at least 4 members (excludes halogenated alkanes) is 2. The first-order valence-corrected chi connectivity index (χ1v) is 33.7. The van der Waals surface area contributed by atoms with Gasteiger partial charge >= 0.3 is 18.4 Å². The van der Waals surface area contributed by atoms with Crippen molar-refractivity contribution in [2.24, 2.45) is 0 Å². The summed E-state index contributed by atoms with van der Waals surface area (Å²) in [5, 5.41) is 13.8. The van der Waals surface area contributed by atoms with Crippen molar-refractivity contribution in [1.82, 2.24) is 29.4 Å².